The molecule has 1 aliphatic rings. The van der Waals surface area contributed by atoms with Crippen molar-refractivity contribution in [3.63, 3.8) is 0 Å². The van der Waals surface area contributed by atoms with Crippen molar-refractivity contribution in [2.24, 2.45) is 0 Å². The van der Waals surface area contributed by atoms with Crippen LogP contribution in [-0.4, -0.2) is 66.7 Å². The molecular formula is C15H30N2O4. The van der Waals surface area contributed by atoms with Gasteiger partial charge in [0.05, 0.1) is 24.9 Å². The molecule has 1 aliphatic heterocycles. The molecule has 1 fully saturated rings. The van der Waals surface area contributed by atoms with Crippen LogP contribution < -0.4 is 5.32 Å². The zero-order chi connectivity index (χ0) is 15.9. The quantitative estimate of drug-likeness (QED) is 0.775. The average Bonchev–Trinajstić information content (AvgIpc) is 2.43. The molecular weight excluding hydrogens is 272 g/mol. The van der Waals surface area contributed by atoms with E-state index in [4.69, 9.17) is 9.47 Å². The number of ether oxygens (including phenoxy) is 2. The maximum atomic E-state index is 11.6. The van der Waals surface area contributed by atoms with Crippen LogP contribution in [0.25, 0.3) is 0 Å². The average molecular weight is 302 g/mol. The molecule has 0 aromatic heterocycles. The van der Waals surface area contributed by atoms with E-state index in [1.54, 1.807) is 4.90 Å². The van der Waals surface area contributed by atoms with Crippen molar-refractivity contribution in [1.82, 2.24) is 10.2 Å². The van der Waals surface area contributed by atoms with Gasteiger partial charge in [-0.25, -0.2) is 4.79 Å². The minimum Gasteiger partial charge on any atom is -0.450 e. The molecule has 1 amide bonds. The summed E-state index contributed by atoms with van der Waals surface area (Å²) in [5, 5.41) is 13.2. The van der Waals surface area contributed by atoms with Crippen LogP contribution in [0.5, 0.6) is 0 Å². The van der Waals surface area contributed by atoms with Crippen LogP contribution in [0.4, 0.5) is 4.79 Å². The molecule has 2 N–H and O–H groups in total. The summed E-state index contributed by atoms with van der Waals surface area (Å²) in [6, 6.07) is 0.333. The molecule has 6 nitrogen and oxygen atoms in total. The lowest BCUT2D eigenvalue weighted by molar-refractivity contribution is -0.0486. The summed E-state index contributed by atoms with van der Waals surface area (Å²) in [6.07, 6.45) is 1.03. The maximum absolute atomic E-state index is 11.6. The number of nitrogens with zero attached hydrogens (tertiary/aromatic N) is 1. The van der Waals surface area contributed by atoms with E-state index in [9.17, 15) is 9.90 Å². The number of aliphatic hydroxyl groups excluding tert-OH is 1. The lowest BCUT2D eigenvalue weighted by Crippen LogP contribution is -2.47. The number of carbonyl (C=O) groups excluding carboxylic acids is 1. The van der Waals surface area contributed by atoms with E-state index in [2.05, 4.69) is 5.32 Å². The number of amides is 1. The summed E-state index contributed by atoms with van der Waals surface area (Å²) in [5.41, 5.74) is -0.230. The molecule has 1 atom stereocenters. The van der Waals surface area contributed by atoms with E-state index < -0.39 is 6.10 Å². The minimum absolute atomic E-state index is 0.227. The van der Waals surface area contributed by atoms with Crippen molar-refractivity contribution in [2.75, 3.05) is 32.8 Å². The summed E-state index contributed by atoms with van der Waals surface area (Å²) in [6.45, 7) is 10.4. The summed E-state index contributed by atoms with van der Waals surface area (Å²) >= 11 is 0. The smallest absolute Gasteiger partial charge is 0.409 e. The van der Waals surface area contributed by atoms with Gasteiger partial charge in [-0.1, -0.05) is 0 Å². The topological polar surface area (TPSA) is 71.0 Å². The Morgan fingerprint density at radius 1 is 1.38 bits per heavy atom. The van der Waals surface area contributed by atoms with Crippen molar-refractivity contribution in [1.29, 1.82) is 0 Å². The van der Waals surface area contributed by atoms with E-state index in [0.29, 0.717) is 38.9 Å². The molecule has 6 heteroatoms. The maximum Gasteiger partial charge on any atom is 0.409 e. The predicted octanol–water partition coefficient (Wildman–Crippen LogP) is 1.37. The Bertz CT molecular complexity index is 309. The second-order valence-electron chi connectivity index (χ2n) is 6.45. The van der Waals surface area contributed by atoms with E-state index in [1.165, 1.54) is 0 Å². The molecule has 0 spiro atoms. The Balaban J connectivity index is 2.16. The van der Waals surface area contributed by atoms with Crippen LogP contribution >= 0.6 is 0 Å². The summed E-state index contributed by atoms with van der Waals surface area (Å²) in [7, 11) is 0. The van der Waals surface area contributed by atoms with Crippen LogP contribution in [0.2, 0.25) is 0 Å². The van der Waals surface area contributed by atoms with Crippen molar-refractivity contribution < 1.29 is 19.4 Å². The Kier molecular flexibility index (Phi) is 7.42. The van der Waals surface area contributed by atoms with Crippen LogP contribution in [0.3, 0.4) is 0 Å². The lowest BCUT2D eigenvalue weighted by atomic mass is 10.1. The second kappa shape index (κ2) is 8.56. The van der Waals surface area contributed by atoms with Gasteiger partial charge in [0.25, 0.3) is 0 Å². The normalized spacial score (nSPS) is 18.6. The van der Waals surface area contributed by atoms with E-state index in [1.807, 2.05) is 27.7 Å². The Hall–Kier alpha value is -0.850. The third-order valence-corrected chi connectivity index (χ3v) is 3.37. The molecule has 0 radical (unpaired) electrons. The molecule has 0 aromatic carbocycles. The van der Waals surface area contributed by atoms with Gasteiger partial charge < -0.3 is 24.8 Å². The standard InChI is InChI=1S/C15H30N2O4/c1-5-20-14(19)17-8-6-12(7-9-17)16-10-13(18)11-21-15(2,3)4/h12-13,16,18H,5-11H2,1-4H3. The molecule has 21 heavy (non-hydrogen) atoms. The number of piperidine rings is 1. The molecule has 1 rings (SSSR count). The molecule has 124 valence electrons. The zero-order valence-electron chi connectivity index (χ0n) is 13.7. The van der Waals surface area contributed by atoms with Crippen LogP contribution in [-0.2, 0) is 9.47 Å². The van der Waals surface area contributed by atoms with Crippen molar-refractivity contribution >= 4 is 6.09 Å². The first-order valence-corrected chi connectivity index (χ1v) is 7.79. The Labute approximate surface area is 127 Å². The van der Waals surface area contributed by atoms with Gasteiger partial charge in [0, 0.05) is 25.7 Å². The first-order valence-electron chi connectivity index (χ1n) is 7.79. The molecule has 0 bridgehead atoms. The lowest BCUT2D eigenvalue weighted by Gasteiger charge is -2.32. The van der Waals surface area contributed by atoms with Gasteiger partial charge >= 0.3 is 6.09 Å². The molecule has 0 aromatic rings. The molecule has 0 saturated carbocycles. The molecule has 1 heterocycles. The van der Waals surface area contributed by atoms with Gasteiger partial charge in [-0.2, -0.15) is 0 Å². The van der Waals surface area contributed by atoms with Crippen molar-refractivity contribution in [3.05, 3.63) is 0 Å². The van der Waals surface area contributed by atoms with Crippen molar-refractivity contribution in [3.8, 4) is 0 Å². The molecule has 1 unspecified atom stereocenters. The summed E-state index contributed by atoms with van der Waals surface area (Å²) in [4.78, 5) is 13.3. The van der Waals surface area contributed by atoms with Crippen molar-refractivity contribution in [2.45, 2.75) is 58.3 Å². The summed E-state index contributed by atoms with van der Waals surface area (Å²) < 4.78 is 10.5. The first kappa shape index (κ1) is 18.2. The predicted molar refractivity (Wildman–Crippen MR) is 81.3 cm³/mol. The molecule has 1 saturated heterocycles. The van der Waals surface area contributed by atoms with E-state index in [0.717, 1.165) is 12.8 Å². The van der Waals surface area contributed by atoms with Gasteiger partial charge in [-0.3, -0.25) is 0 Å². The Morgan fingerprint density at radius 3 is 2.52 bits per heavy atom. The highest BCUT2D eigenvalue weighted by molar-refractivity contribution is 5.67. The SMILES string of the molecule is CCOC(=O)N1CCC(NCC(O)COC(C)(C)C)CC1. The van der Waals surface area contributed by atoms with Gasteiger partial charge in [0.2, 0.25) is 0 Å². The van der Waals surface area contributed by atoms with Crippen LogP contribution in [0.15, 0.2) is 0 Å². The highest BCUT2D eigenvalue weighted by atomic mass is 16.6. The number of nitrogens with one attached hydrogen (secondary N) is 1. The third kappa shape index (κ3) is 7.64. The first-order chi connectivity index (χ1) is 9.81. The monoisotopic (exact) mass is 302 g/mol. The fraction of sp³-hybridized carbons (Fsp3) is 0.933. The third-order valence-electron chi connectivity index (χ3n) is 3.37. The largest absolute Gasteiger partial charge is 0.450 e. The number of aliphatic hydroxyl groups is 1. The number of carbonyl (C=O) groups is 1. The van der Waals surface area contributed by atoms with Crippen LogP contribution in [0.1, 0.15) is 40.5 Å². The summed E-state index contributed by atoms with van der Waals surface area (Å²) in [5.74, 6) is 0. The Morgan fingerprint density at radius 2 is 2.00 bits per heavy atom. The zero-order valence-corrected chi connectivity index (χ0v) is 13.7. The fourth-order valence-electron chi connectivity index (χ4n) is 2.19. The highest BCUT2D eigenvalue weighted by Gasteiger charge is 2.23. The molecule has 0 aliphatic carbocycles. The number of hydrogen-bond donors (Lipinski definition) is 2. The van der Waals surface area contributed by atoms with Gasteiger partial charge in [-0.15, -0.1) is 0 Å². The fourth-order valence-corrected chi connectivity index (χ4v) is 2.19. The highest BCUT2D eigenvalue weighted by Crippen LogP contribution is 2.12. The van der Waals surface area contributed by atoms with Gasteiger partial charge in [0.1, 0.15) is 0 Å². The van der Waals surface area contributed by atoms with Crippen LogP contribution in [0, 0.1) is 0 Å². The van der Waals surface area contributed by atoms with E-state index in [-0.39, 0.29) is 11.7 Å². The van der Waals surface area contributed by atoms with E-state index >= 15 is 0 Å². The second-order valence-corrected chi connectivity index (χ2v) is 6.45. The minimum atomic E-state index is -0.507. The number of likely N-dealkylation sites (tertiary alicyclic amines) is 1. The number of rotatable bonds is 6. The van der Waals surface area contributed by atoms with Gasteiger partial charge in [0.15, 0.2) is 0 Å². The number of hydrogen-bond acceptors (Lipinski definition) is 5. The van der Waals surface area contributed by atoms with Gasteiger partial charge in [-0.05, 0) is 40.5 Å².